The van der Waals surface area contributed by atoms with Crippen molar-refractivity contribution in [2.24, 2.45) is 0 Å². The van der Waals surface area contributed by atoms with E-state index in [1.807, 2.05) is 30.3 Å². The Bertz CT molecular complexity index is 684. The highest BCUT2D eigenvalue weighted by Crippen LogP contribution is 2.28. The van der Waals surface area contributed by atoms with E-state index >= 15 is 0 Å². The maximum Gasteiger partial charge on any atom is 0.259 e. The van der Waals surface area contributed by atoms with E-state index in [1.165, 1.54) is 0 Å². The maximum absolute atomic E-state index is 13.0. The molecule has 0 saturated carbocycles. The Morgan fingerprint density at radius 1 is 1.42 bits per heavy atom. The minimum atomic E-state index is -0.0788. The van der Waals surface area contributed by atoms with Gasteiger partial charge in [0.15, 0.2) is 5.76 Å². The van der Waals surface area contributed by atoms with Crippen LogP contribution in [0.1, 0.15) is 28.9 Å². The van der Waals surface area contributed by atoms with Gasteiger partial charge < -0.3 is 19.3 Å². The van der Waals surface area contributed by atoms with Gasteiger partial charge in [-0.1, -0.05) is 35.5 Å². The summed E-state index contributed by atoms with van der Waals surface area (Å²) in [5.74, 6) is 0.432. The number of rotatable bonds is 5. The van der Waals surface area contributed by atoms with E-state index in [1.54, 1.807) is 11.8 Å². The molecule has 6 heteroatoms. The monoisotopic (exact) mass is 330 g/mol. The van der Waals surface area contributed by atoms with Crippen molar-refractivity contribution in [1.29, 1.82) is 0 Å². The molecule has 2 aromatic rings. The Hall–Kier alpha value is -2.18. The molecule has 128 valence electrons. The molecular formula is C18H22N2O4. The first kappa shape index (κ1) is 16.7. The lowest BCUT2D eigenvalue weighted by Crippen LogP contribution is -2.43. The third kappa shape index (κ3) is 3.49. The lowest BCUT2D eigenvalue weighted by atomic mass is 10.0. The standard InChI is InChI=1S/C18H22N2O4/c1-13-16(17(24-19-13)14-6-3-2-4-7-14)18(22)20-9-5-8-15(12-20)23-11-10-21/h2-4,6-7,15,21H,5,8-12H2,1H3. The number of aliphatic hydroxyl groups is 1. The van der Waals surface area contributed by atoms with Crippen LogP contribution in [-0.4, -0.2) is 53.5 Å². The van der Waals surface area contributed by atoms with E-state index in [0.29, 0.717) is 36.7 Å². The Balaban J connectivity index is 1.81. The van der Waals surface area contributed by atoms with Gasteiger partial charge in [-0.05, 0) is 19.8 Å². The molecule has 1 unspecified atom stereocenters. The molecule has 1 aliphatic rings. The lowest BCUT2D eigenvalue weighted by molar-refractivity contribution is -0.0110. The van der Waals surface area contributed by atoms with E-state index < -0.39 is 0 Å². The predicted molar refractivity (Wildman–Crippen MR) is 88.6 cm³/mol. The fourth-order valence-electron chi connectivity index (χ4n) is 3.04. The smallest absolute Gasteiger partial charge is 0.259 e. The van der Waals surface area contributed by atoms with Crippen molar-refractivity contribution < 1.29 is 19.2 Å². The highest BCUT2D eigenvalue weighted by Gasteiger charge is 2.30. The normalized spacial score (nSPS) is 17.9. The Labute approximate surface area is 141 Å². The molecule has 3 rings (SSSR count). The summed E-state index contributed by atoms with van der Waals surface area (Å²) < 4.78 is 11.0. The highest BCUT2D eigenvalue weighted by atomic mass is 16.5. The summed E-state index contributed by atoms with van der Waals surface area (Å²) in [6.07, 6.45) is 1.75. The molecule has 0 bridgehead atoms. The average molecular weight is 330 g/mol. The number of nitrogens with zero attached hydrogens (tertiary/aromatic N) is 2. The molecule has 24 heavy (non-hydrogen) atoms. The second-order valence-corrected chi connectivity index (χ2v) is 5.95. The fraction of sp³-hybridized carbons (Fsp3) is 0.444. The zero-order valence-electron chi connectivity index (χ0n) is 13.8. The third-order valence-electron chi connectivity index (χ3n) is 4.22. The molecule has 1 aromatic carbocycles. The zero-order chi connectivity index (χ0) is 16.9. The van der Waals surface area contributed by atoms with E-state index in [9.17, 15) is 4.79 Å². The van der Waals surface area contributed by atoms with Crippen molar-refractivity contribution in [3.8, 4) is 11.3 Å². The van der Waals surface area contributed by atoms with Crippen LogP contribution in [0.15, 0.2) is 34.9 Å². The molecule has 2 heterocycles. The Kier molecular flexibility index (Phi) is 5.27. The third-order valence-corrected chi connectivity index (χ3v) is 4.22. The molecule has 1 aliphatic heterocycles. The first-order valence-electron chi connectivity index (χ1n) is 8.24. The van der Waals surface area contributed by atoms with Crippen LogP contribution >= 0.6 is 0 Å². The van der Waals surface area contributed by atoms with Crippen molar-refractivity contribution in [1.82, 2.24) is 10.1 Å². The van der Waals surface area contributed by atoms with Crippen LogP contribution in [-0.2, 0) is 4.74 Å². The fourth-order valence-corrected chi connectivity index (χ4v) is 3.04. The average Bonchev–Trinajstić information content (AvgIpc) is 3.02. The number of carbonyl (C=O) groups is 1. The number of aromatic nitrogens is 1. The molecule has 1 N–H and O–H groups in total. The molecule has 1 aromatic heterocycles. The van der Waals surface area contributed by atoms with Gasteiger partial charge in [0.25, 0.3) is 5.91 Å². The van der Waals surface area contributed by atoms with E-state index in [2.05, 4.69) is 5.16 Å². The number of aliphatic hydroxyl groups excluding tert-OH is 1. The molecule has 1 amide bonds. The summed E-state index contributed by atoms with van der Waals surface area (Å²) in [6.45, 7) is 3.29. The second kappa shape index (κ2) is 7.59. The van der Waals surface area contributed by atoms with E-state index in [-0.39, 0.29) is 18.6 Å². The van der Waals surface area contributed by atoms with Crippen molar-refractivity contribution in [2.45, 2.75) is 25.9 Å². The van der Waals surface area contributed by atoms with Gasteiger partial charge in [-0.3, -0.25) is 4.79 Å². The molecule has 0 aliphatic carbocycles. The second-order valence-electron chi connectivity index (χ2n) is 5.95. The van der Waals surface area contributed by atoms with Crippen LogP contribution in [0.25, 0.3) is 11.3 Å². The first-order valence-corrected chi connectivity index (χ1v) is 8.24. The number of likely N-dealkylation sites (tertiary alicyclic amines) is 1. The van der Waals surface area contributed by atoms with Crippen LogP contribution < -0.4 is 0 Å². The van der Waals surface area contributed by atoms with Gasteiger partial charge in [0, 0.05) is 18.7 Å². The van der Waals surface area contributed by atoms with Gasteiger partial charge in [0.1, 0.15) is 5.56 Å². The Morgan fingerprint density at radius 3 is 2.96 bits per heavy atom. The van der Waals surface area contributed by atoms with Crippen LogP contribution in [0.5, 0.6) is 0 Å². The molecular weight excluding hydrogens is 308 g/mol. The summed E-state index contributed by atoms with van der Waals surface area (Å²) in [4.78, 5) is 14.8. The maximum atomic E-state index is 13.0. The quantitative estimate of drug-likeness (QED) is 0.910. The van der Waals surface area contributed by atoms with Crippen molar-refractivity contribution >= 4 is 5.91 Å². The minimum Gasteiger partial charge on any atom is -0.394 e. The van der Waals surface area contributed by atoms with Crippen LogP contribution in [0.3, 0.4) is 0 Å². The Morgan fingerprint density at radius 2 is 2.21 bits per heavy atom. The number of piperidine rings is 1. The SMILES string of the molecule is Cc1noc(-c2ccccc2)c1C(=O)N1CCCC(OCCO)C1. The number of carbonyl (C=O) groups excluding carboxylic acids is 1. The van der Waals surface area contributed by atoms with E-state index in [0.717, 1.165) is 18.4 Å². The summed E-state index contributed by atoms with van der Waals surface area (Å²) in [7, 11) is 0. The van der Waals surface area contributed by atoms with Gasteiger partial charge in [0.05, 0.1) is 25.0 Å². The number of amides is 1. The molecule has 1 fully saturated rings. The number of hydrogen-bond acceptors (Lipinski definition) is 5. The first-order chi connectivity index (χ1) is 11.7. The van der Waals surface area contributed by atoms with Gasteiger partial charge >= 0.3 is 0 Å². The summed E-state index contributed by atoms with van der Waals surface area (Å²) in [5.41, 5.74) is 1.95. The van der Waals surface area contributed by atoms with Gasteiger partial charge in [0.2, 0.25) is 0 Å². The largest absolute Gasteiger partial charge is 0.394 e. The van der Waals surface area contributed by atoms with Crippen molar-refractivity contribution in [3.63, 3.8) is 0 Å². The summed E-state index contributed by atoms with van der Waals surface area (Å²) >= 11 is 0. The van der Waals surface area contributed by atoms with Crippen LogP contribution in [0.2, 0.25) is 0 Å². The number of aryl methyl sites for hydroxylation is 1. The van der Waals surface area contributed by atoms with E-state index in [4.69, 9.17) is 14.4 Å². The van der Waals surface area contributed by atoms with Gasteiger partial charge in [-0.25, -0.2) is 0 Å². The van der Waals surface area contributed by atoms with Crippen molar-refractivity contribution in [2.75, 3.05) is 26.3 Å². The molecule has 0 radical (unpaired) electrons. The van der Waals surface area contributed by atoms with Crippen molar-refractivity contribution in [3.05, 3.63) is 41.6 Å². The summed E-state index contributed by atoms with van der Waals surface area (Å²) in [5, 5.41) is 12.9. The topological polar surface area (TPSA) is 75.8 Å². The van der Waals surface area contributed by atoms with Gasteiger partial charge in [-0.2, -0.15) is 0 Å². The van der Waals surface area contributed by atoms with Crippen LogP contribution in [0.4, 0.5) is 0 Å². The molecule has 1 atom stereocenters. The minimum absolute atomic E-state index is 0.00659. The predicted octanol–water partition coefficient (Wildman–Crippen LogP) is 2.26. The molecule has 1 saturated heterocycles. The zero-order valence-corrected chi connectivity index (χ0v) is 13.8. The summed E-state index contributed by atoms with van der Waals surface area (Å²) in [6, 6.07) is 9.53. The number of hydrogen-bond donors (Lipinski definition) is 1. The number of ether oxygens (including phenoxy) is 1. The van der Waals surface area contributed by atoms with Gasteiger partial charge in [-0.15, -0.1) is 0 Å². The number of benzene rings is 1. The molecule has 6 nitrogen and oxygen atoms in total. The van der Waals surface area contributed by atoms with Crippen LogP contribution in [0, 0.1) is 6.92 Å². The highest BCUT2D eigenvalue weighted by molar-refractivity contribution is 6.00. The molecule has 0 spiro atoms. The lowest BCUT2D eigenvalue weighted by Gasteiger charge is -2.32.